The molecule has 4 unspecified atom stereocenters. The number of hydrogen-bond acceptors (Lipinski definition) is 4. The standard InChI is InChI=1S/C38H47N5O2S/c1-22-15-23(2)17-27(16-22)34-33(24(3)20-40-37(45)43-14-6-7-26(21-43)25-10-12-39-13-11-25)29-18-32(46-36(29)42-34)38(4,5)19-30-28-8-9-31(30)41-35(28)44/h10-13,15-18,24,26,28,30-31,42H,6-9,14,19-21H2,1-5H3,(H,40,45)(H,41,44)/t24-,26?,28?,30?,31?/m1/s1. The lowest BCUT2D eigenvalue weighted by atomic mass is 9.77. The third-order valence-electron chi connectivity index (χ3n) is 10.9. The molecule has 242 valence electrons. The first-order valence-electron chi connectivity index (χ1n) is 17.0. The van der Waals surface area contributed by atoms with Gasteiger partial charge in [0.05, 0.1) is 5.69 Å². The molecule has 3 amide bonds. The van der Waals surface area contributed by atoms with Crippen molar-refractivity contribution in [3.63, 3.8) is 0 Å². The molecule has 1 aromatic carbocycles. The number of piperidine rings is 2. The van der Waals surface area contributed by atoms with Gasteiger partial charge in [-0.25, -0.2) is 4.79 Å². The maximum absolute atomic E-state index is 13.5. The number of urea groups is 1. The number of aromatic amines is 1. The van der Waals surface area contributed by atoms with Gasteiger partial charge in [0.1, 0.15) is 4.83 Å². The summed E-state index contributed by atoms with van der Waals surface area (Å²) < 4.78 is 0. The monoisotopic (exact) mass is 637 g/mol. The molecule has 0 radical (unpaired) electrons. The number of amides is 3. The minimum absolute atomic E-state index is 0.0202. The summed E-state index contributed by atoms with van der Waals surface area (Å²) in [6.45, 7) is 13.3. The third-order valence-corrected chi connectivity index (χ3v) is 12.3. The van der Waals surface area contributed by atoms with Crippen LogP contribution >= 0.6 is 11.3 Å². The fourth-order valence-electron chi connectivity index (χ4n) is 8.55. The van der Waals surface area contributed by atoms with Gasteiger partial charge in [-0.2, -0.15) is 0 Å². The molecule has 1 aliphatic carbocycles. The summed E-state index contributed by atoms with van der Waals surface area (Å²) in [5.74, 6) is 1.29. The molecule has 46 heavy (non-hydrogen) atoms. The van der Waals surface area contributed by atoms with E-state index in [4.69, 9.17) is 0 Å². The second-order valence-corrected chi connectivity index (χ2v) is 15.9. The van der Waals surface area contributed by atoms with Crippen LogP contribution in [0.4, 0.5) is 4.79 Å². The zero-order chi connectivity index (χ0) is 32.2. The molecule has 2 aliphatic heterocycles. The van der Waals surface area contributed by atoms with Gasteiger partial charge in [-0.3, -0.25) is 9.78 Å². The largest absolute Gasteiger partial charge is 0.353 e. The smallest absolute Gasteiger partial charge is 0.317 e. The van der Waals surface area contributed by atoms with Gasteiger partial charge in [-0.05, 0) is 104 Å². The van der Waals surface area contributed by atoms with Gasteiger partial charge in [0.15, 0.2) is 0 Å². The molecule has 3 aromatic heterocycles. The highest BCUT2D eigenvalue weighted by atomic mass is 32.1. The quantitative estimate of drug-likeness (QED) is 0.184. The van der Waals surface area contributed by atoms with Crippen LogP contribution in [-0.4, -0.2) is 52.5 Å². The van der Waals surface area contributed by atoms with Crippen molar-refractivity contribution in [2.75, 3.05) is 19.6 Å². The van der Waals surface area contributed by atoms with Crippen LogP contribution in [0.3, 0.4) is 0 Å². The highest BCUT2D eigenvalue weighted by molar-refractivity contribution is 7.18. The van der Waals surface area contributed by atoms with Crippen molar-refractivity contribution in [3.05, 3.63) is 75.9 Å². The fourth-order valence-corrected chi connectivity index (χ4v) is 9.74. The van der Waals surface area contributed by atoms with Crippen molar-refractivity contribution >= 4 is 33.5 Å². The Labute approximate surface area is 276 Å². The normalized spacial score (nSPS) is 23.6. The first kappa shape index (κ1) is 31.0. The summed E-state index contributed by atoms with van der Waals surface area (Å²) in [5.41, 5.74) is 7.31. The van der Waals surface area contributed by atoms with Crippen molar-refractivity contribution in [1.29, 1.82) is 0 Å². The van der Waals surface area contributed by atoms with Crippen LogP contribution in [0, 0.1) is 25.7 Å². The molecule has 2 saturated heterocycles. The summed E-state index contributed by atoms with van der Waals surface area (Å²) in [7, 11) is 0. The number of pyridine rings is 1. The zero-order valence-corrected chi connectivity index (χ0v) is 28.6. The Morgan fingerprint density at radius 2 is 1.87 bits per heavy atom. The SMILES string of the molecule is Cc1cc(C)cc(-c2[nH]c3sc(C(C)(C)CC4C5CCC4C(=O)N5)cc3c2[C@H](C)CNC(=O)N2CCCC(c3ccncc3)C2)c1. The van der Waals surface area contributed by atoms with Crippen molar-refractivity contribution in [3.8, 4) is 11.3 Å². The second-order valence-electron chi connectivity index (χ2n) is 14.8. The predicted molar refractivity (Wildman–Crippen MR) is 186 cm³/mol. The van der Waals surface area contributed by atoms with E-state index in [9.17, 15) is 9.59 Å². The number of aromatic nitrogens is 2. The molecular formula is C38H47N5O2S. The Morgan fingerprint density at radius 1 is 1.11 bits per heavy atom. The van der Waals surface area contributed by atoms with E-state index >= 15 is 0 Å². The maximum atomic E-state index is 13.5. The van der Waals surface area contributed by atoms with E-state index in [0.29, 0.717) is 24.4 Å². The first-order chi connectivity index (χ1) is 22.1. The molecule has 3 fully saturated rings. The molecule has 1 saturated carbocycles. The number of nitrogens with one attached hydrogen (secondary N) is 3. The van der Waals surface area contributed by atoms with Crippen LogP contribution in [0.2, 0.25) is 0 Å². The number of thiophene rings is 1. The molecule has 8 heteroatoms. The van der Waals surface area contributed by atoms with Crippen LogP contribution in [-0.2, 0) is 10.2 Å². The van der Waals surface area contributed by atoms with E-state index in [1.165, 1.54) is 42.9 Å². The van der Waals surface area contributed by atoms with E-state index in [1.807, 2.05) is 28.6 Å². The lowest BCUT2D eigenvalue weighted by Gasteiger charge is -2.33. The third kappa shape index (κ3) is 5.85. The van der Waals surface area contributed by atoms with Gasteiger partial charge < -0.3 is 20.5 Å². The average Bonchev–Trinajstić information content (AvgIpc) is 3.79. The van der Waals surface area contributed by atoms with Crippen molar-refractivity contribution in [1.82, 2.24) is 25.5 Å². The Kier molecular flexibility index (Phi) is 8.20. The van der Waals surface area contributed by atoms with Crippen LogP contribution in [0.15, 0.2) is 48.8 Å². The second kappa shape index (κ2) is 12.2. The molecule has 5 atom stereocenters. The lowest BCUT2D eigenvalue weighted by Crippen LogP contribution is -2.45. The molecule has 5 heterocycles. The van der Waals surface area contributed by atoms with E-state index in [0.717, 1.165) is 50.9 Å². The fraction of sp³-hybridized carbons (Fsp3) is 0.500. The molecule has 2 bridgehead atoms. The van der Waals surface area contributed by atoms with Gasteiger partial charge in [-0.15, -0.1) is 11.3 Å². The highest BCUT2D eigenvalue weighted by Crippen LogP contribution is 2.48. The summed E-state index contributed by atoms with van der Waals surface area (Å²) in [6, 6.07) is 13.6. The molecule has 3 N–H and O–H groups in total. The Morgan fingerprint density at radius 3 is 2.57 bits per heavy atom. The molecule has 4 aromatic rings. The minimum atomic E-state index is -0.0449. The number of fused-ring (bicyclic) bond motifs is 3. The van der Waals surface area contributed by atoms with E-state index in [1.54, 1.807) is 0 Å². The predicted octanol–water partition coefficient (Wildman–Crippen LogP) is 7.79. The van der Waals surface area contributed by atoms with Crippen LogP contribution in [0.5, 0.6) is 0 Å². The molecule has 0 spiro atoms. The van der Waals surface area contributed by atoms with Gasteiger partial charge >= 0.3 is 6.03 Å². The van der Waals surface area contributed by atoms with Crippen LogP contribution in [0.1, 0.15) is 91.8 Å². The van der Waals surface area contributed by atoms with Crippen LogP contribution < -0.4 is 10.6 Å². The van der Waals surface area contributed by atoms with Crippen molar-refractivity contribution in [2.45, 2.75) is 90.0 Å². The van der Waals surface area contributed by atoms with Crippen molar-refractivity contribution in [2.24, 2.45) is 11.8 Å². The Bertz CT molecular complexity index is 1740. The number of aryl methyl sites for hydroxylation is 2. The number of H-pyrrole nitrogens is 1. The molecule has 7 rings (SSSR count). The molecule has 7 nitrogen and oxygen atoms in total. The Hall–Kier alpha value is -3.65. The Balaban J connectivity index is 1.14. The highest BCUT2D eigenvalue weighted by Gasteiger charge is 2.49. The van der Waals surface area contributed by atoms with Gasteiger partial charge in [0.2, 0.25) is 5.91 Å². The zero-order valence-electron chi connectivity index (χ0n) is 27.8. The molecule has 3 aliphatic rings. The number of carbonyl (C=O) groups is 2. The average molecular weight is 638 g/mol. The van der Waals surface area contributed by atoms with Crippen molar-refractivity contribution < 1.29 is 9.59 Å². The van der Waals surface area contributed by atoms with Gasteiger partial charge in [0, 0.05) is 66.1 Å². The summed E-state index contributed by atoms with van der Waals surface area (Å²) in [4.78, 5) is 38.5. The van der Waals surface area contributed by atoms with Gasteiger partial charge in [0.25, 0.3) is 0 Å². The summed E-state index contributed by atoms with van der Waals surface area (Å²) in [5, 5.41) is 7.80. The number of carbonyl (C=O) groups excluding carboxylic acids is 2. The number of likely N-dealkylation sites (tertiary alicyclic amines) is 1. The number of hydrogen-bond donors (Lipinski definition) is 3. The first-order valence-corrected chi connectivity index (χ1v) is 17.9. The summed E-state index contributed by atoms with van der Waals surface area (Å²) in [6.07, 6.45) is 8.92. The van der Waals surface area contributed by atoms with E-state index < -0.39 is 0 Å². The van der Waals surface area contributed by atoms with Crippen LogP contribution in [0.25, 0.3) is 21.5 Å². The lowest BCUT2D eigenvalue weighted by molar-refractivity contribution is -0.124. The number of nitrogens with zero attached hydrogens (tertiary/aromatic N) is 2. The van der Waals surface area contributed by atoms with E-state index in [2.05, 4.69) is 91.6 Å². The number of rotatable bonds is 8. The minimum Gasteiger partial charge on any atom is -0.353 e. The summed E-state index contributed by atoms with van der Waals surface area (Å²) >= 11 is 1.85. The van der Waals surface area contributed by atoms with Gasteiger partial charge in [-0.1, -0.05) is 38.0 Å². The number of benzene rings is 1. The van der Waals surface area contributed by atoms with E-state index in [-0.39, 0.29) is 29.2 Å². The maximum Gasteiger partial charge on any atom is 0.317 e. The topological polar surface area (TPSA) is 90.1 Å². The molecular weight excluding hydrogens is 591 g/mol.